The summed E-state index contributed by atoms with van der Waals surface area (Å²) in [6.45, 7) is 5.36. The van der Waals surface area contributed by atoms with Gasteiger partial charge in [-0.15, -0.1) is 0 Å². The van der Waals surface area contributed by atoms with Crippen molar-refractivity contribution >= 4 is 34.3 Å². The predicted molar refractivity (Wildman–Crippen MR) is 173 cm³/mol. The molecule has 2 saturated heterocycles. The van der Waals surface area contributed by atoms with E-state index in [1.165, 1.54) is 13.2 Å². The molecular weight excluding hydrogens is 627 g/mol. The first kappa shape index (κ1) is 30.3. The van der Waals surface area contributed by atoms with Gasteiger partial charge in [0, 0.05) is 43.7 Å². The summed E-state index contributed by atoms with van der Waals surface area (Å²) >= 11 is 6.02. The Labute approximate surface area is 276 Å². The number of anilines is 1. The maximum Gasteiger partial charge on any atom is 0.338 e. The molecule has 1 unspecified atom stereocenters. The predicted octanol–water partition coefficient (Wildman–Crippen LogP) is 5.91. The second kappa shape index (κ2) is 11.6. The molecule has 3 aromatic carbocycles. The minimum atomic E-state index is -1.31. The highest BCUT2D eigenvalue weighted by Crippen LogP contribution is 2.51. The van der Waals surface area contributed by atoms with Gasteiger partial charge in [0.25, 0.3) is 5.79 Å². The normalized spacial score (nSPS) is 24.9. The molecule has 4 aliphatic rings. The van der Waals surface area contributed by atoms with Crippen LogP contribution in [0.3, 0.4) is 0 Å². The quantitative estimate of drug-likeness (QED) is 0.214. The Bertz CT molecular complexity index is 1880. The number of ether oxygens (including phenoxy) is 5. The van der Waals surface area contributed by atoms with E-state index in [2.05, 4.69) is 20.4 Å². The van der Waals surface area contributed by atoms with Gasteiger partial charge in [-0.25, -0.2) is 14.2 Å². The number of esters is 1. The van der Waals surface area contributed by atoms with Crippen molar-refractivity contribution in [2.45, 2.75) is 63.3 Å². The summed E-state index contributed by atoms with van der Waals surface area (Å²) < 4.78 is 46.4. The molecule has 0 bridgehead atoms. The first-order valence-electron chi connectivity index (χ1n) is 16.0. The lowest BCUT2D eigenvalue weighted by molar-refractivity contribution is -0.0706. The number of imidazole rings is 1. The topological polar surface area (TPSA) is 87.5 Å². The zero-order valence-corrected chi connectivity index (χ0v) is 27.3. The second-order valence-corrected chi connectivity index (χ2v) is 13.1. The molecule has 12 heteroatoms. The molecule has 1 aromatic heterocycles. The van der Waals surface area contributed by atoms with Gasteiger partial charge in [-0.3, -0.25) is 4.90 Å². The Balaban J connectivity index is 1.07. The maximum absolute atomic E-state index is 15.0. The summed E-state index contributed by atoms with van der Waals surface area (Å²) in [6.07, 6.45) is 3.18. The van der Waals surface area contributed by atoms with E-state index in [4.69, 9.17) is 40.3 Å². The van der Waals surface area contributed by atoms with E-state index < -0.39 is 17.6 Å². The molecule has 8 rings (SSSR count). The first-order valence-corrected chi connectivity index (χ1v) is 16.4. The molecule has 4 aromatic rings. The number of halogens is 2. The molecule has 1 aliphatic carbocycles. The molecule has 10 nitrogen and oxygen atoms in total. The Hall–Kier alpha value is -4.06. The third-order valence-electron chi connectivity index (χ3n) is 10.1. The third kappa shape index (κ3) is 5.06. The minimum absolute atomic E-state index is 0.0988. The van der Waals surface area contributed by atoms with Crippen LogP contribution in [0.1, 0.15) is 47.9 Å². The molecule has 3 aliphatic heterocycles. The van der Waals surface area contributed by atoms with Crippen LogP contribution in [0.4, 0.5) is 10.1 Å². The molecule has 3 fully saturated rings. The monoisotopic (exact) mass is 662 g/mol. The fraction of sp³-hybridized carbons (Fsp3) is 0.429. The molecule has 246 valence electrons. The standard InChI is InChI=1S/C35H36ClFN4O6/c1-35(23-8-7-21(36)17-24(23)37)46-29-6-4-5-27(33(29)47-35)40-13-12-39(25-9-10-26(25)40)19-31-38-32-28(41(31)18-22-11-14-45-22)15-20(34(42)44-3)16-30(32)43-2/h4-8,15-17,22,25-26H,9-14,18-19H2,1-3H3/t22-,25-,26+,35?/m0/s1. The van der Waals surface area contributed by atoms with Crippen LogP contribution in [0.5, 0.6) is 17.2 Å². The van der Waals surface area contributed by atoms with Crippen molar-refractivity contribution in [2.75, 3.05) is 38.8 Å². The molecule has 4 heterocycles. The van der Waals surface area contributed by atoms with Gasteiger partial charge in [0.15, 0.2) is 11.5 Å². The van der Waals surface area contributed by atoms with Gasteiger partial charge in [0.2, 0.25) is 0 Å². The van der Waals surface area contributed by atoms with Crippen molar-refractivity contribution in [1.29, 1.82) is 0 Å². The number of piperazine rings is 1. The van der Waals surface area contributed by atoms with Gasteiger partial charge < -0.3 is 33.2 Å². The zero-order valence-electron chi connectivity index (χ0n) is 26.5. The average molecular weight is 663 g/mol. The zero-order chi connectivity index (χ0) is 32.4. The number of benzene rings is 3. The van der Waals surface area contributed by atoms with Gasteiger partial charge in [0.05, 0.1) is 55.7 Å². The highest BCUT2D eigenvalue weighted by molar-refractivity contribution is 6.30. The number of para-hydroxylation sites is 1. The number of carbonyl (C=O) groups excluding carboxylic acids is 1. The lowest BCUT2D eigenvalue weighted by atomic mass is 9.81. The van der Waals surface area contributed by atoms with Gasteiger partial charge in [-0.2, -0.15) is 0 Å². The third-order valence-corrected chi connectivity index (χ3v) is 10.3. The summed E-state index contributed by atoms with van der Waals surface area (Å²) in [6, 6.07) is 14.5. The van der Waals surface area contributed by atoms with Crippen molar-refractivity contribution in [3.8, 4) is 17.2 Å². The highest BCUT2D eigenvalue weighted by Gasteiger charge is 2.47. The van der Waals surface area contributed by atoms with E-state index >= 15 is 0 Å². The van der Waals surface area contributed by atoms with Crippen molar-refractivity contribution in [3.05, 3.63) is 76.3 Å². The maximum atomic E-state index is 15.0. The average Bonchev–Trinajstić information content (AvgIpc) is 3.55. The first-order chi connectivity index (χ1) is 22.8. The van der Waals surface area contributed by atoms with Crippen molar-refractivity contribution in [3.63, 3.8) is 0 Å². The number of rotatable bonds is 8. The summed E-state index contributed by atoms with van der Waals surface area (Å²) in [5, 5.41) is 0.317. The molecule has 4 atom stereocenters. The smallest absolute Gasteiger partial charge is 0.338 e. The summed E-state index contributed by atoms with van der Waals surface area (Å²) in [4.78, 5) is 22.5. The number of aromatic nitrogens is 2. The van der Waals surface area contributed by atoms with Crippen LogP contribution in [0.2, 0.25) is 5.02 Å². The van der Waals surface area contributed by atoms with Crippen LogP contribution >= 0.6 is 11.6 Å². The van der Waals surface area contributed by atoms with E-state index in [-0.39, 0.29) is 12.1 Å². The SMILES string of the molecule is COC(=O)c1cc(OC)c2nc(CN3CCN(c4cccc5c4OC(C)(c4ccc(Cl)cc4F)O5)[C@@H]4CC[C@@H]43)n(C[C@@H]3CCO3)c2c1. The second-order valence-electron chi connectivity index (χ2n) is 12.7. The van der Waals surface area contributed by atoms with Crippen LogP contribution < -0.4 is 19.1 Å². The van der Waals surface area contributed by atoms with Gasteiger partial charge >= 0.3 is 5.97 Å². The fourth-order valence-corrected chi connectivity index (χ4v) is 7.55. The van der Waals surface area contributed by atoms with E-state index in [1.54, 1.807) is 32.2 Å². The Kier molecular flexibility index (Phi) is 7.46. The van der Waals surface area contributed by atoms with Gasteiger partial charge in [0.1, 0.15) is 22.9 Å². The van der Waals surface area contributed by atoms with E-state index in [9.17, 15) is 9.18 Å². The number of nitrogens with zero attached hydrogens (tertiary/aromatic N) is 4. The number of carbonyl (C=O) groups is 1. The molecule has 0 spiro atoms. The number of fused-ring (bicyclic) bond motifs is 3. The summed E-state index contributed by atoms with van der Waals surface area (Å²) in [7, 11) is 2.96. The fourth-order valence-electron chi connectivity index (χ4n) is 7.39. The van der Waals surface area contributed by atoms with Crippen LogP contribution in [-0.4, -0.2) is 72.5 Å². The van der Waals surface area contributed by atoms with Crippen LogP contribution in [0.25, 0.3) is 11.0 Å². The van der Waals surface area contributed by atoms with E-state index in [0.29, 0.717) is 52.5 Å². The Morgan fingerprint density at radius 3 is 2.62 bits per heavy atom. The molecule has 0 N–H and O–H groups in total. The van der Waals surface area contributed by atoms with Gasteiger partial charge in [-0.1, -0.05) is 17.7 Å². The number of hydrogen-bond acceptors (Lipinski definition) is 9. The number of methoxy groups -OCH3 is 2. The van der Waals surface area contributed by atoms with Crippen LogP contribution in [-0.2, 0) is 28.4 Å². The minimum Gasteiger partial charge on any atom is -0.494 e. The highest BCUT2D eigenvalue weighted by atomic mass is 35.5. The van der Waals surface area contributed by atoms with Crippen molar-refractivity contribution in [2.24, 2.45) is 0 Å². The summed E-state index contributed by atoms with van der Waals surface area (Å²) in [5.74, 6) is 0.446. The summed E-state index contributed by atoms with van der Waals surface area (Å²) in [5.41, 5.74) is 3.21. The van der Waals surface area contributed by atoms with Crippen molar-refractivity contribution in [1.82, 2.24) is 14.5 Å². The lowest BCUT2D eigenvalue weighted by Crippen LogP contribution is -2.64. The van der Waals surface area contributed by atoms with E-state index in [1.807, 2.05) is 18.2 Å². The van der Waals surface area contributed by atoms with Crippen LogP contribution in [0.15, 0.2) is 48.5 Å². The van der Waals surface area contributed by atoms with Crippen LogP contribution in [0, 0.1) is 5.82 Å². The lowest BCUT2D eigenvalue weighted by Gasteiger charge is -2.54. The van der Waals surface area contributed by atoms with E-state index in [0.717, 1.165) is 61.5 Å². The number of hydrogen-bond donors (Lipinski definition) is 0. The molecule has 1 saturated carbocycles. The molecular formula is C35H36ClFN4O6. The molecule has 47 heavy (non-hydrogen) atoms. The Morgan fingerprint density at radius 2 is 1.91 bits per heavy atom. The molecule has 0 radical (unpaired) electrons. The van der Waals surface area contributed by atoms with Crippen molar-refractivity contribution < 1.29 is 32.9 Å². The molecule has 0 amide bonds. The Morgan fingerprint density at radius 1 is 1.09 bits per heavy atom. The van der Waals surface area contributed by atoms with Gasteiger partial charge in [-0.05, 0) is 61.7 Å². The largest absolute Gasteiger partial charge is 0.494 e.